The van der Waals surface area contributed by atoms with Gasteiger partial charge in [0.2, 0.25) is 11.8 Å². The predicted molar refractivity (Wildman–Crippen MR) is 106 cm³/mol. The maximum atomic E-state index is 12.2. The van der Waals surface area contributed by atoms with Crippen molar-refractivity contribution in [2.45, 2.75) is 40.5 Å². The summed E-state index contributed by atoms with van der Waals surface area (Å²) in [7, 11) is 0. The Morgan fingerprint density at radius 2 is 1.75 bits per heavy atom. The van der Waals surface area contributed by atoms with Crippen LogP contribution in [-0.2, 0) is 4.79 Å². The molecule has 0 bridgehead atoms. The van der Waals surface area contributed by atoms with Crippen LogP contribution in [0.4, 0.5) is 5.88 Å². The molecule has 0 radical (unpaired) electrons. The van der Waals surface area contributed by atoms with Crippen molar-refractivity contribution in [3.63, 3.8) is 0 Å². The number of Topliss-reactive ketones (excluding diaryl/α,β-unsaturated/α-hetero) is 1. The Balaban J connectivity index is 1.94. The summed E-state index contributed by atoms with van der Waals surface area (Å²) in [6, 6.07) is 3.67. The van der Waals surface area contributed by atoms with Crippen LogP contribution in [0.25, 0.3) is 0 Å². The topological polar surface area (TPSA) is 112 Å². The Labute approximate surface area is 168 Å². The second-order valence-electron chi connectivity index (χ2n) is 6.53. The molecule has 2 amide bonds. The van der Waals surface area contributed by atoms with Crippen molar-refractivity contribution < 1.29 is 23.5 Å². The first-order chi connectivity index (χ1) is 13.1. The average molecular weight is 407 g/mol. The van der Waals surface area contributed by atoms with E-state index in [1.807, 2.05) is 26.0 Å². The summed E-state index contributed by atoms with van der Waals surface area (Å²) in [5.41, 5.74) is 7.14. The van der Waals surface area contributed by atoms with Crippen molar-refractivity contribution in [1.29, 1.82) is 0 Å². The highest BCUT2D eigenvalue weighted by Gasteiger charge is 2.26. The fourth-order valence-corrected chi connectivity index (χ4v) is 3.00. The van der Waals surface area contributed by atoms with Crippen LogP contribution >= 0.6 is 11.6 Å². The summed E-state index contributed by atoms with van der Waals surface area (Å²) in [5, 5.41) is 3.20. The van der Waals surface area contributed by atoms with Crippen LogP contribution in [0.15, 0.2) is 16.5 Å². The van der Waals surface area contributed by atoms with E-state index < -0.39 is 5.91 Å². The van der Waals surface area contributed by atoms with Crippen LogP contribution in [0.1, 0.15) is 57.4 Å². The number of anilines is 1. The summed E-state index contributed by atoms with van der Waals surface area (Å²) in [4.78, 5) is 35.5. The molecule has 0 aliphatic heterocycles. The van der Waals surface area contributed by atoms with Gasteiger partial charge in [-0.2, -0.15) is 0 Å². The zero-order chi connectivity index (χ0) is 21.0. The van der Waals surface area contributed by atoms with E-state index in [-0.39, 0.29) is 40.9 Å². The van der Waals surface area contributed by atoms with E-state index in [0.29, 0.717) is 23.8 Å². The van der Waals surface area contributed by atoms with Crippen molar-refractivity contribution in [1.82, 2.24) is 0 Å². The van der Waals surface area contributed by atoms with Gasteiger partial charge in [-0.25, -0.2) is 0 Å². The van der Waals surface area contributed by atoms with Gasteiger partial charge in [0.05, 0.1) is 12.2 Å². The molecule has 0 fully saturated rings. The number of halogens is 1. The van der Waals surface area contributed by atoms with E-state index in [1.54, 1.807) is 0 Å². The molecule has 0 aliphatic rings. The van der Waals surface area contributed by atoms with Crippen molar-refractivity contribution in [2.75, 3.05) is 11.9 Å². The van der Waals surface area contributed by atoms with Gasteiger partial charge in [-0.1, -0.05) is 11.6 Å². The normalized spacial score (nSPS) is 10.6. The third-order valence-electron chi connectivity index (χ3n) is 4.16. The molecule has 0 saturated carbocycles. The van der Waals surface area contributed by atoms with E-state index in [2.05, 4.69) is 5.32 Å². The first-order valence-electron chi connectivity index (χ1n) is 8.75. The van der Waals surface area contributed by atoms with Crippen molar-refractivity contribution in [3.05, 3.63) is 45.2 Å². The molecule has 150 valence electrons. The van der Waals surface area contributed by atoms with Crippen LogP contribution in [0.5, 0.6) is 5.75 Å². The number of furan rings is 1. The van der Waals surface area contributed by atoms with Crippen LogP contribution in [0, 0.1) is 20.8 Å². The Morgan fingerprint density at radius 1 is 1.14 bits per heavy atom. The van der Waals surface area contributed by atoms with Gasteiger partial charge >= 0.3 is 0 Å². The lowest BCUT2D eigenvalue weighted by Crippen LogP contribution is -2.19. The summed E-state index contributed by atoms with van der Waals surface area (Å²) in [6.45, 7) is 6.95. The highest BCUT2D eigenvalue weighted by molar-refractivity contribution is 6.32. The molecule has 0 aliphatic carbocycles. The molecule has 2 aromatic rings. The van der Waals surface area contributed by atoms with E-state index in [9.17, 15) is 14.4 Å². The monoisotopic (exact) mass is 406 g/mol. The number of amides is 2. The zero-order valence-corrected chi connectivity index (χ0v) is 17.0. The summed E-state index contributed by atoms with van der Waals surface area (Å²) >= 11 is 6.13. The van der Waals surface area contributed by atoms with Gasteiger partial charge in [-0.15, -0.1) is 0 Å². The maximum Gasteiger partial charge on any atom is 0.255 e. The number of ether oxygens (including phenoxy) is 1. The molecule has 8 heteroatoms. The average Bonchev–Trinajstić information content (AvgIpc) is 2.92. The standard InChI is InChI=1S/C20H23ClN2O5/c1-10-8-14(9-11(2)18(10)21)27-7-5-6-15(25)23-20-17(19(22)26)16(12(3)24)13(4)28-20/h8-9H,5-7H2,1-4H3,(H2,22,26)(H,23,25). The molecular weight excluding hydrogens is 384 g/mol. The number of benzene rings is 1. The quantitative estimate of drug-likeness (QED) is 0.509. The molecule has 7 nitrogen and oxygen atoms in total. The van der Waals surface area contributed by atoms with Crippen LogP contribution in [0.3, 0.4) is 0 Å². The lowest BCUT2D eigenvalue weighted by Gasteiger charge is -2.10. The number of nitrogens with one attached hydrogen (secondary N) is 1. The molecule has 0 saturated heterocycles. The largest absolute Gasteiger partial charge is 0.494 e. The summed E-state index contributed by atoms with van der Waals surface area (Å²) in [5.74, 6) is -0.771. The molecule has 0 unspecified atom stereocenters. The Bertz CT molecular complexity index is 910. The Hall–Kier alpha value is -2.80. The van der Waals surface area contributed by atoms with E-state index >= 15 is 0 Å². The fraction of sp³-hybridized carbons (Fsp3) is 0.350. The molecule has 1 heterocycles. The lowest BCUT2D eigenvalue weighted by atomic mass is 10.1. The van der Waals surface area contributed by atoms with Crippen molar-refractivity contribution in [2.24, 2.45) is 5.73 Å². The SMILES string of the molecule is CC(=O)c1c(C)oc(NC(=O)CCCOc2cc(C)c(Cl)c(C)c2)c1C(N)=O. The van der Waals surface area contributed by atoms with E-state index in [4.69, 9.17) is 26.5 Å². The Kier molecular flexibility index (Phi) is 6.85. The number of hydrogen-bond acceptors (Lipinski definition) is 5. The molecule has 0 atom stereocenters. The number of ketones is 1. The van der Waals surface area contributed by atoms with Crippen molar-refractivity contribution in [3.8, 4) is 5.75 Å². The number of primary amides is 1. The maximum absolute atomic E-state index is 12.2. The molecular formula is C20H23ClN2O5. The number of nitrogens with two attached hydrogens (primary N) is 1. The highest BCUT2D eigenvalue weighted by Crippen LogP contribution is 2.28. The minimum absolute atomic E-state index is 0.0830. The number of aryl methyl sites for hydroxylation is 3. The molecule has 2 rings (SSSR count). The van der Waals surface area contributed by atoms with E-state index in [1.165, 1.54) is 13.8 Å². The van der Waals surface area contributed by atoms with Gasteiger partial charge in [-0.05, 0) is 57.4 Å². The van der Waals surface area contributed by atoms with Gasteiger partial charge in [0.15, 0.2) is 5.78 Å². The number of carbonyl (C=O) groups excluding carboxylic acids is 3. The van der Waals surface area contributed by atoms with Gasteiger partial charge in [-0.3, -0.25) is 19.7 Å². The minimum atomic E-state index is -0.839. The van der Waals surface area contributed by atoms with Gasteiger partial charge < -0.3 is 14.9 Å². The number of hydrogen-bond donors (Lipinski definition) is 2. The lowest BCUT2D eigenvalue weighted by molar-refractivity contribution is -0.116. The Morgan fingerprint density at radius 3 is 2.29 bits per heavy atom. The molecule has 0 spiro atoms. The second kappa shape index (κ2) is 8.93. The van der Waals surface area contributed by atoms with Gasteiger partial charge in [0, 0.05) is 11.4 Å². The molecule has 28 heavy (non-hydrogen) atoms. The second-order valence-corrected chi connectivity index (χ2v) is 6.91. The third kappa shape index (κ3) is 4.92. The summed E-state index contributed by atoms with van der Waals surface area (Å²) in [6.07, 6.45) is 0.580. The number of rotatable bonds is 8. The van der Waals surface area contributed by atoms with Gasteiger partial charge in [0.1, 0.15) is 17.1 Å². The van der Waals surface area contributed by atoms with Gasteiger partial charge in [0.25, 0.3) is 5.91 Å². The van der Waals surface area contributed by atoms with Crippen molar-refractivity contribution >= 4 is 35.1 Å². The first-order valence-corrected chi connectivity index (χ1v) is 9.13. The molecule has 3 N–H and O–H groups in total. The number of carbonyl (C=O) groups is 3. The van der Waals surface area contributed by atoms with Crippen LogP contribution in [-0.4, -0.2) is 24.2 Å². The smallest absolute Gasteiger partial charge is 0.255 e. The molecule has 1 aromatic heterocycles. The van der Waals surface area contributed by atoms with E-state index in [0.717, 1.165) is 11.1 Å². The highest BCUT2D eigenvalue weighted by atomic mass is 35.5. The zero-order valence-electron chi connectivity index (χ0n) is 16.3. The molecule has 1 aromatic carbocycles. The minimum Gasteiger partial charge on any atom is -0.494 e. The first kappa shape index (κ1) is 21.5. The summed E-state index contributed by atoms with van der Waals surface area (Å²) < 4.78 is 11.0. The fourth-order valence-electron chi connectivity index (χ4n) is 2.89. The third-order valence-corrected chi connectivity index (χ3v) is 4.76. The van der Waals surface area contributed by atoms with Crippen LogP contribution < -0.4 is 15.8 Å². The van der Waals surface area contributed by atoms with Crippen LogP contribution in [0.2, 0.25) is 5.02 Å². The predicted octanol–water partition coefficient (Wildman–Crippen LogP) is 3.96.